The Labute approximate surface area is 123 Å². The van der Waals surface area contributed by atoms with E-state index in [1.54, 1.807) is 0 Å². The van der Waals surface area contributed by atoms with Crippen molar-refractivity contribution >= 4 is 0 Å². The molecule has 1 aliphatic heterocycles. The summed E-state index contributed by atoms with van der Waals surface area (Å²) in [6, 6.07) is 7.26. The molecule has 2 atom stereocenters. The topological polar surface area (TPSA) is 21.3 Å². The molecule has 1 aromatic carbocycles. The summed E-state index contributed by atoms with van der Waals surface area (Å²) in [7, 11) is 0. The Balaban J connectivity index is 2.15. The van der Waals surface area contributed by atoms with Crippen LogP contribution in [0.2, 0.25) is 0 Å². The number of aryl methyl sites for hydroxylation is 2. The van der Waals surface area contributed by atoms with Gasteiger partial charge in [-0.15, -0.1) is 0 Å². The Morgan fingerprint density at radius 3 is 2.45 bits per heavy atom. The molecule has 1 aromatic rings. The molecule has 1 aliphatic rings. The first kappa shape index (κ1) is 15.5. The molecule has 1 saturated heterocycles. The molecule has 1 N–H and O–H groups in total. The molecular formula is C18H29NO. The molecule has 0 aromatic heterocycles. The van der Waals surface area contributed by atoms with Crippen molar-refractivity contribution in [1.82, 2.24) is 5.32 Å². The van der Waals surface area contributed by atoms with Crippen LogP contribution in [0.25, 0.3) is 0 Å². The van der Waals surface area contributed by atoms with Gasteiger partial charge >= 0.3 is 0 Å². The number of hydrogen-bond acceptors (Lipinski definition) is 2. The maximum absolute atomic E-state index is 6.15. The molecule has 2 unspecified atom stereocenters. The summed E-state index contributed by atoms with van der Waals surface area (Å²) in [5.41, 5.74) is 4.10. The lowest BCUT2D eigenvalue weighted by Crippen LogP contribution is -2.53. The summed E-state index contributed by atoms with van der Waals surface area (Å²) in [5.74, 6) is 0. The van der Waals surface area contributed by atoms with Crippen LogP contribution in [0, 0.1) is 13.8 Å². The molecule has 1 fully saturated rings. The van der Waals surface area contributed by atoms with E-state index in [0.717, 1.165) is 26.0 Å². The predicted octanol–water partition coefficient (Wildman–Crippen LogP) is 3.78. The smallest absolute Gasteiger partial charge is 0.0810 e. The third kappa shape index (κ3) is 3.83. The summed E-state index contributed by atoms with van der Waals surface area (Å²) in [6.07, 6.45) is 4.70. The van der Waals surface area contributed by atoms with E-state index in [4.69, 9.17) is 4.74 Å². The largest absolute Gasteiger partial charge is 0.374 e. The van der Waals surface area contributed by atoms with E-state index in [2.05, 4.69) is 51.2 Å². The van der Waals surface area contributed by atoms with Crippen molar-refractivity contribution in [2.45, 2.75) is 65.0 Å². The van der Waals surface area contributed by atoms with Gasteiger partial charge in [-0.2, -0.15) is 0 Å². The van der Waals surface area contributed by atoms with E-state index in [1.165, 1.54) is 29.5 Å². The fourth-order valence-corrected chi connectivity index (χ4v) is 3.40. The van der Waals surface area contributed by atoms with Gasteiger partial charge in [0.2, 0.25) is 0 Å². The molecule has 20 heavy (non-hydrogen) atoms. The van der Waals surface area contributed by atoms with E-state index in [-0.39, 0.29) is 5.60 Å². The molecular weight excluding hydrogens is 246 g/mol. The molecule has 0 bridgehead atoms. The number of rotatable bonds is 5. The second kappa shape index (κ2) is 6.73. The second-order valence-corrected chi connectivity index (χ2v) is 6.43. The summed E-state index contributed by atoms with van der Waals surface area (Å²) in [4.78, 5) is 0. The maximum atomic E-state index is 6.15. The van der Waals surface area contributed by atoms with Gasteiger partial charge in [0, 0.05) is 12.6 Å². The first-order valence-electron chi connectivity index (χ1n) is 7.98. The molecule has 0 aliphatic carbocycles. The maximum Gasteiger partial charge on any atom is 0.0810 e. The first-order valence-corrected chi connectivity index (χ1v) is 7.98. The lowest BCUT2D eigenvalue weighted by molar-refractivity contribution is -0.0881. The Bertz CT molecular complexity index is 415. The van der Waals surface area contributed by atoms with Crippen LogP contribution in [0.15, 0.2) is 18.2 Å². The Hall–Kier alpha value is -0.860. The first-order chi connectivity index (χ1) is 9.53. The van der Waals surface area contributed by atoms with Crippen molar-refractivity contribution in [3.63, 3.8) is 0 Å². The fraction of sp³-hybridized carbons (Fsp3) is 0.667. The van der Waals surface area contributed by atoms with Gasteiger partial charge in [0.25, 0.3) is 0 Å². The minimum Gasteiger partial charge on any atom is -0.374 e. The van der Waals surface area contributed by atoms with Crippen LogP contribution < -0.4 is 5.32 Å². The molecule has 0 saturated carbocycles. The molecule has 112 valence electrons. The number of ether oxygens (including phenoxy) is 1. The van der Waals surface area contributed by atoms with E-state index < -0.39 is 0 Å². The van der Waals surface area contributed by atoms with Crippen molar-refractivity contribution in [2.24, 2.45) is 0 Å². The van der Waals surface area contributed by atoms with Crippen LogP contribution in [0.3, 0.4) is 0 Å². The van der Waals surface area contributed by atoms with Crippen LogP contribution in [0.4, 0.5) is 0 Å². The van der Waals surface area contributed by atoms with Gasteiger partial charge in [-0.1, -0.05) is 36.2 Å². The average molecular weight is 275 g/mol. The Kier molecular flexibility index (Phi) is 5.22. The Morgan fingerprint density at radius 2 is 1.90 bits per heavy atom. The minimum atomic E-state index is -0.0219. The lowest BCUT2D eigenvalue weighted by Gasteiger charge is -2.41. The van der Waals surface area contributed by atoms with Gasteiger partial charge in [0.05, 0.1) is 5.60 Å². The second-order valence-electron chi connectivity index (χ2n) is 6.43. The van der Waals surface area contributed by atoms with Crippen molar-refractivity contribution in [2.75, 3.05) is 13.2 Å². The van der Waals surface area contributed by atoms with E-state index in [0.29, 0.717) is 6.04 Å². The van der Waals surface area contributed by atoms with Gasteiger partial charge in [0.15, 0.2) is 0 Å². The molecule has 0 amide bonds. The lowest BCUT2D eigenvalue weighted by atomic mass is 9.84. The highest BCUT2D eigenvalue weighted by molar-refractivity contribution is 5.29. The zero-order chi connectivity index (χ0) is 14.6. The number of likely N-dealkylation sites (N-methyl/N-ethyl adjacent to an activating group) is 1. The Morgan fingerprint density at radius 1 is 1.20 bits per heavy atom. The van der Waals surface area contributed by atoms with E-state index in [9.17, 15) is 0 Å². The quantitative estimate of drug-likeness (QED) is 0.883. The number of hydrogen-bond donors (Lipinski definition) is 1. The van der Waals surface area contributed by atoms with Gasteiger partial charge in [-0.05, 0) is 58.6 Å². The third-order valence-corrected chi connectivity index (χ3v) is 4.41. The molecule has 0 spiro atoms. The predicted molar refractivity (Wildman–Crippen MR) is 85.3 cm³/mol. The van der Waals surface area contributed by atoms with Gasteiger partial charge in [-0.25, -0.2) is 0 Å². The highest BCUT2D eigenvalue weighted by atomic mass is 16.5. The van der Waals surface area contributed by atoms with Crippen LogP contribution in [0.1, 0.15) is 49.8 Å². The van der Waals surface area contributed by atoms with Gasteiger partial charge < -0.3 is 10.1 Å². The van der Waals surface area contributed by atoms with Crippen molar-refractivity contribution in [1.29, 1.82) is 0 Å². The van der Waals surface area contributed by atoms with E-state index in [1.807, 2.05) is 0 Å². The molecule has 0 radical (unpaired) electrons. The molecule has 1 heterocycles. The normalized spacial score (nSPS) is 24.6. The van der Waals surface area contributed by atoms with Crippen molar-refractivity contribution < 1.29 is 4.74 Å². The van der Waals surface area contributed by atoms with Crippen LogP contribution >= 0.6 is 0 Å². The van der Waals surface area contributed by atoms with Crippen LogP contribution in [-0.4, -0.2) is 24.8 Å². The van der Waals surface area contributed by atoms with Crippen molar-refractivity contribution in [3.8, 4) is 0 Å². The minimum absolute atomic E-state index is 0.0219. The zero-order valence-corrected chi connectivity index (χ0v) is 13.5. The summed E-state index contributed by atoms with van der Waals surface area (Å²) in [5, 5.41) is 3.66. The highest BCUT2D eigenvalue weighted by Crippen LogP contribution is 2.30. The van der Waals surface area contributed by atoms with Crippen LogP contribution in [0.5, 0.6) is 0 Å². The summed E-state index contributed by atoms with van der Waals surface area (Å²) >= 11 is 0. The highest BCUT2D eigenvalue weighted by Gasteiger charge is 2.36. The molecule has 2 nitrogen and oxygen atoms in total. The van der Waals surface area contributed by atoms with Crippen molar-refractivity contribution in [3.05, 3.63) is 34.9 Å². The summed E-state index contributed by atoms with van der Waals surface area (Å²) < 4.78 is 6.15. The van der Waals surface area contributed by atoms with E-state index >= 15 is 0 Å². The molecule has 2 rings (SSSR count). The average Bonchev–Trinajstić information content (AvgIpc) is 2.38. The monoisotopic (exact) mass is 275 g/mol. The third-order valence-electron chi connectivity index (χ3n) is 4.41. The number of nitrogens with one attached hydrogen (secondary N) is 1. The number of benzene rings is 1. The van der Waals surface area contributed by atoms with Gasteiger partial charge in [-0.3, -0.25) is 0 Å². The SMILES string of the molecule is CCNC(Cc1cc(C)cc(C)c1)C1(C)CCCCO1. The summed E-state index contributed by atoms with van der Waals surface area (Å²) in [6.45, 7) is 10.7. The van der Waals surface area contributed by atoms with Crippen LogP contribution in [-0.2, 0) is 11.2 Å². The van der Waals surface area contributed by atoms with Gasteiger partial charge in [0.1, 0.15) is 0 Å². The molecule has 2 heteroatoms. The standard InChI is InChI=1S/C18H29NO/c1-5-19-17(18(4)8-6-7-9-20-18)13-16-11-14(2)10-15(3)12-16/h10-12,17,19H,5-9,13H2,1-4H3. The zero-order valence-electron chi connectivity index (χ0n) is 13.5. The fourth-order valence-electron chi connectivity index (χ4n) is 3.40.